The molecule has 0 saturated carbocycles. The highest BCUT2D eigenvalue weighted by molar-refractivity contribution is 7.89. The van der Waals surface area contributed by atoms with Crippen molar-refractivity contribution >= 4 is 33.4 Å². The number of nitrogens with zero attached hydrogens (tertiary/aromatic N) is 2. The van der Waals surface area contributed by atoms with Gasteiger partial charge >= 0.3 is 0 Å². The number of halogens is 1. The van der Waals surface area contributed by atoms with Gasteiger partial charge in [0.15, 0.2) is 0 Å². The van der Waals surface area contributed by atoms with Crippen molar-refractivity contribution in [2.45, 2.75) is 38.3 Å². The zero-order chi connectivity index (χ0) is 18.5. The maximum absolute atomic E-state index is 12.3. The van der Waals surface area contributed by atoms with E-state index in [-0.39, 0.29) is 30.2 Å². The lowest BCUT2D eigenvalue weighted by molar-refractivity contribution is 0.0827. The van der Waals surface area contributed by atoms with Crippen molar-refractivity contribution in [1.29, 1.82) is 0 Å². The Labute approximate surface area is 166 Å². The second-order valence-corrected chi connectivity index (χ2v) is 9.52. The van der Waals surface area contributed by atoms with E-state index in [0.29, 0.717) is 0 Å². The minimum Gasteiger partial charge on any atom is -0.497 e. The van der Waals surface area contributed by atoms with Crippen molar-refractivity contribution in [2.75, 3.05) is 33.0 Å². The summed E-state index contributed by atoms with van der Waals surface area (Å²) >= 11 is 0. The smallest absolute Gasteiger partial charge is 0.213 e. The van der Waals surface area contributed by atoms with Gasteiger partial charge in [-0.05, 0) is 38.3 Å². The quantitative estimate of drug-likeness (QED) is 0.768. The molecule has 1 aromatic heterocycles. The summed E-state index contributed by atoms with van der Waals surface area (Å²) in [5.74, 6) is 1.94. The van der Waals surface area contributed by atoms with E-state index in [1.54, 1.807) is 25.4 Å². The molecule has 4 rings (SSSR count). The number of piperidine rings is 1. The van der Waals surface area contributed by atoms with Crippen LogP contribution in [0.4, 0.5) is 0 Å². The van der Waals surface area contributed by atoms with Gasteiger partial charge in [0.2, 0.25) is 10.0 Å². The summed E-state index contributed by atoms with van der Waals surface area (Å²) in [7, 11) is 0.190. The average molecular weight is 415 g/mol. The molecular formula is C19H27ClN2O4S. The van der Waals surface area contributed by atoms with Crippen molar-refractivity contribution < 1.29 is 17.6 Å². The van der Waals surface area contributed by atoms with E-state index in [2.05, 4.69) is 11.0 Å². The molecule has 0 aliphatic carbocycles. The van der Waals surface area contributed by atoms with E-state index < -0.39 is 10.0 Å². The Balaban J connectivity index is 0.00000210. The number of rotatable bonds is 4. The van der Waals surface area contributed by atoms with Crippen molar-refractivity contribution in [3.63, 3.8) is 0 Å². The minimum absolute atomic E-state index is 0. The summed E-state index contributed by atoms with van der Waals surface area (Å²) in [6.45, 7) is 3.60. The number of hydrogen-bond donors (Lipinski definition) is 0. The number of methoxy groups -OCH3 is 1. The van der Waals surface area contributed by atoms with Gasteiger partial charge in [-0.2, -0.15) is 0 Å². The monoisotopic (exact) mass is 414 g/mol. The van der Waals surface area contributed by atoms with Crippen LogP contribution in [0.25, 0.3) is 11.0 Å². The van der Waals surface area contributed by atoms with Crippen LogP contribution in [-0.2, 0) is 16.4 Å². The highest BCUT2D eigenvalue weighted by Crippen LogP contribution is 2.43. The normalized spacial score (nSPS) is 23.0. The lowest BCUT2D eigenvalue weighted by atomic mass is 9.89. The zero-order valence-electron chi connectivity index (χ0n) is 16.0. The first-order chi connectivity index (χ1) is 12.4. The SMILES string of the molecule is CCS(=O)(=O)N(C)C1CCN2CCc3c(oc4cc(OC)ccc34)C2C1.Cl. The second kappa shape index (κ2) is 7.62. The number of hydrogen-bond acceptors (Lipinski definition) is 5. The lowest BCUT2D eigenvalue weighted by Gasteiger charge is -2.43. The van der Waals surface area contributed by atoms with Crippen LogP contribution in [0.1, 0.15) is 37.1 Å². The number of benzene rings is 1. The first kappa shape index (κ1) is 20.5. The first-order valence-electron chi connectivity index (χ1n) is 9.23. The molecule has 2 aliphatic rings. The van der Waals surface area contributed by atoms with Gasteiger partial charge in [0.25, 0.3) is 0 Å². The summed E-state index contributed by atoms with van der Waals surface area (Å²) in [5.41, 5.74) is 2.12. The topological polar surface area (TPSA) is 63.0 Å². The molecule has 2 atom stereocenters. The van der Waals surface area contributed by atoms with Gasteiger partial charge in [-0.1, -0.05) is 0 Å². The Kier molecular flexibility index (Phi) is 5.77. The molecular weight excluding hydrogens is 388 g/mol. The van der Waals surface area contributed by atoms with Gasteiger partial charge in [-0.15, -0.1) is 12.4 Å². The van der Waals surface area contributed by atoms with E-state index in [9.17, 15) is 8.42 Å². The van der Waals surface area contributed by atoms with E-state index in [1.165, 1.54) is 5.56 Å². The molecule has 150 valence electrons. The van der Waals surface area contributed by atoms with Crippen LogP contribution in [0.15, 0.2) is 22.6 Å². The van der Waals surface area contributed by atoms with E-state index in [0.717, 1.165) is 54.8 Å². The highest BCUT2D eigenvalue weighted by atomic mass is 35.5. The third-order valence-corrected chi connectivity index (χ3v) is 7.89. The summed E-state index contributed by atoms with van der Waals surface area (Å²) in [6, 6.07) is 6.14. The van der Waals surface area contributed by atoms with Crippen LogP contribution in [0.2, 0.25) is 0 Å². The van der Waals surface area contributed by atoms with Gasteiger partial charge < -0.3 is 9.15 Å². The summed E-state index contributed by atoms with van der Waals surface area (Å²) in [6.07, 6.45) is 2.62. The van der Waals surface area contributed by atoms with Gasteiger partial charge in [0.1, 0.15) is 17.1 Å². The largest absolute Gasteiger partial charge is 0.497 e. The predicted molar refractivity (Wildman–Crippen MR) is 108 cm³/mol. The maximum Gasteiger partial charge on any atom is 0.213 e. The molecule has 27 heavy (non-hydrogen) atoms. The third kappa shape index (κ3) is 3.46. The van der Waals surface area contributed by atoms with E-state index in [1.807, 2.05) is 12.1 Å². The van der Waals surface area contributed by atoms with Crippen LogP contribution in [0.3, 0.4) is 0 Å². The molecule has 2 unspecified atom stereocenters. The van der Waals surface area contributed by atoms with Crippen LogP contribution in [-0.4, -0.2) is 56.7 Å². The van der Waals surface area contributed by atoms with Crippen LogP contribution in [0, 0.1) is 0 Å². The summed E-state index contributed by atoms with van der Waals surface area (Å²) in [4.78, 5) is 2.44. The molecule has 0 radical (unpaired) electrons. The van der Waals surface area contributed by atoms with Crippen molar-refractivity contribution in [3.8, 4) is 5.75 Å². The number of ether oxygens (including phenoxy) is 1. The second-order valence-electron chi connectivity index (χ2n) is 7.20. The predicted octanol–water partition coefficient (Wildman–Crippen LogP) is 3.21. The fraction of sp³-hybridized carbons (Fsp3) is 0.579. The molecule has 1 aromatic carbocycles. The number of sulfonamides is 1. The Morgan fingerprint density at radius 1 is 1.33 bits per heavy atom. The number of furan rings is 1. The summed E-state index contributed by atoms with van der Waals surface area (Å²) in [5, 5.41) is 1.15. The Bertz CT molecular complexity index is 927. The zero-order valence-corrected chi connectivity index (χ0v) is 17.6. The first-order valence-corrected chi connectivity index (χ1v) is 10.8. The molecule has 6 nitrogen and oxygen atoms in total. The summed E-state index contributed by atoms with van der Waals surface area (Å²) < 4.78 is 37.7. The van der Waals surface area contributed by atoms with Crippen molar-refractivity contribution in [3.05, 3.63) is 29.5 Å². The maximum atomic E-state index is 12.3. The van der Waals surface area contributed by atoms with E-state index in [4.69, 9.17) is 9.15 Å². The molecule has 8 heteroatoms. The molecule has 3 heterocycles. The molecule has 2 aromatic rings. The Morgan fingerprint density at radius 3 is 2.81 bits per heavy atom. The Morgan fingerprint density at radius 2 is 2.11 bits per heavy atom. The number of fused-ring (bicyclic) bond motifs is 5. The van der Waals surface area contributed by atoms with Gasteiger partial charge in [-0.3, -0.25) is 4.90 Å². The van der Waals surface area contributed by atoms with Gasteiger partial charge in [0, 0.05) is 43.2 Å². The average Bonchev–Trinajstić information content (AvgIpc) is 3.05. The molecule has 1 saturated heterocycles. The lowest BCUT2D eigenvalue weighted by Crippen LogP contribution is -2.49. The molecule has 0 N–H and O–H groups in total. The molecule has 0 bridgehead atoms. The third-order valence-electron chi connectivity index (χ3n) is 5.99. The molecule has 0 spiro atoms. The van der Waals surface area contributed by atoms with Crippen molar-refractivity contribution in [1.82, 2.24) is 9.21 Å². The Hall–Kier alpha value is -1.28. The minimum atomic E-state index is -3.18. The van der Waals surface area contributed by atoms with Gasteiger partial charge in [-0.25, -0.2) is 12.7 Å². The van der Waals surface area contributed by atoms with E-state index >= 15 is 0 Å². The van der Waals surface area contributed by atoms with Crippen molar-refractivity contribution in [2.24, 2.45) is 0 Å². The fourth-order valence-corrected chi connectivity index (χ4v) is 5.41. The van der Waals surface area contributed by atoms with Crippen LogP contribution in [0.5, 0.6) is 5.75 Å². The standard InChI is InChI=1S/C19H26N2O4S.ClH/c1-4-26(22,23)20(2)13-7-9-21-10-8-16-15-6-5-14(24-3)12-18(15)25-19(16)17(21)11-13;/h5-6,12-13,17H,4,7-11H2,1-3H3;1H. The van der Waals surface area contributed by atoms with Crippen LogP contribution >= 0.6 is 12.4 Å². The molecule has 1 fully saturated rings. The van der Waals surface area contributed by atoms with Crippen LogP contribution < -0.4 is 4.74 Å². The fourth-order valence-electron chi connectivity index (χ4n) is 4.36. The molecule has 0 amide bonds. The highest BCUT2D eigenvalue weighted by Gasteiger charge is 2.39. The molecule has 2 aliphatic heterocycles. The van der Waals surface area contributed by atoms with Gasteiger partial charge in [0.05, 0.1) is 18.9 Å².